The van der Waals surface area contributed by atoms with E-state index in [4.69, 9.17) is 4.74 Å². The topological polar surface area (TPSA) is 92.7 Å². The molecular weight excluding hydrogens is 361 g/mol. The Kier molecular flexibility index (Phi) is 6.09. The molecule has 1 aromatic rings. The molecule has 1 fully saturated rings. The second kappa shape index (κ2) is 7.89. The molecule has 0 aromatic carbocycles. The minimum absolute atomic E-state index is 0.0283. The Hall–Kier alpha value is -2.04. The molecule has 1 saturated heterocycles. The first-order valence-corrected chi connectivity index (χ1v) is 9.32. The van der Waals surface area contributed by atoms with Crippen molar-refractivity contribution in [3.05, 3.63) is 23.9 Å². The van der Waals surface area contributed by atoms with E-state index in [0.29, 0.717) is 17.9 Å². The van der Waals surface area contributed by atoms with E-state index in [1.54, 1.807) is 12.1 Å². The SMILES string of the molecule is CN=C(NCc1cccnc1OCC(F)(F)F)NC1CCS(=O)(=O)C1. The molecule has 1 unspecified atom stereocenters. The van der Waals surface area contributed by atoms with Crippen LogP contribution in [0.1, 0.15) is 12.0 Å². The number of aromatic nitrogens is 1. The summed E-state index contributed by atoms with van der Waals surface area (Å²) >= 11 is 0. The number of sulfone groups is 1. The quantitative estimate of drug-likeness (QED) is 0.582. The van der Waals surface area contributed by atoms with Crippen molar-refractivity contribution in [3.63, 3.8) is 0 Å². The predicted octanol–water partition coefficient (Wildman–Crippen LogP) is 0.875. The van der Waals surface area contributed by atoms with Gasteiger partial charge in [-0.25, -0.2) is 13.4 Å². The maximum atomic E-state index is 12.3. The van der Waals surface area contributed by atoms with Crippen molar-refractivity contribution in [1.29, 1.82) is 0 Å². The van der Waals surface area contributed by atoms with Crippen LogP contribution in [0, 0.1) is 0 Å². The Balaban J connectivity index is 1.93. The molecule has 2 rings (SSSR count). The molecule has 2 N–H and O–H groups in total. The molecular formula is C14H19F3N4O3S. The first-order valence-electron chi connectivity index (χ1n) is 7.49. The Morgan fingerprint density at radius 2 is 2.24 bits per heavy atom. The van der Waals surface area contributed by atoms with Crippen molar-refractivity contribution < 1.29 is 26.3 Å². The van der Waals surface area contributed by atoms with Gasteiger partial charge in [-0.15, -0.1) is 0 Å². The Bertz CT molecular complexity index is 722. The summed E-state index contributed by atoms with van der Waals surface area (Å²) in [5.74, 6) is 0.388. The number of nitrogens with zero attached hydrogens (tertiary/aromatic N) is 2. The molecule has 0 saturated carbocycles. The zero-order valence-electron chi connectivity index (χ0n) is 13.5. The predicted molar refractivity (Wildman–Crippen MR) is 86.2 cm³/mol. The summed E-state index contributed by atoms with van der Waals surface area (Å²) in [5.41, 5.74) is 0.425. The monoisotopic (exact) mass is 380 g/mol. The van der Waals surface area contributed by atoms with Gasteiger partial charge in [0.25, 0.3) is 0 Å². The van der Waals surface area contributed by atoms with Crippen LogP contribution in [-0.4, -0.2) is 56.7 Å². The van der Waals surface area contributed by atoms with E-state index in [1.165, 1.54) is 13.2 Å². The number of alkyl halides is 3. The third-order valence-corrected chi connectivity index (χ3v) is 5.23. The minimum Gasteiger partial charge on any atom is -0.468 e. The molecule has 1 atom stereocenters. The summed E-state index contributed by atoms with van der Waals surface area (Å²) in [5, 5.41) is 5.91. The lowest BCUT2D eigenvalue weighted by atomic mass is 10.2. The number of hydrogen-bond acceptors (Lipinski definition) is 5. The van der Waals surface area contributed by atoms with E-state index in [0.717, 1.165) is 0 Å². The van der Waals surface area contributed by atoms with E-state index >= 15 is 0 Å². The zero-order chi connectivity index (χ0) is 18.5. The highest BCUT2D eigenvalue weighted by Crippen LogP contribution is 2.19. The van der Waals surface area contributed by atoms with Crippen LogP contribution in [0.25, 0.3) is 0 Å². The Morgan fingerprint density at radius 3 is 2.84 bits per heavy atom. The van der Waals surface area contributed by atoms with Gasteiger partial charge in [0, 0.05) is 31.4 Å². The van der Waals surface area contributed by atoms with Gasteiger partial charge >= 0.3 is 6.18 Å². The maximum absolute atomic E-state index is 12.3. The normalized spacial score (nSPS) is 20.3. The number of halogens is 3. The van der Waals surface area contributed by atoms with Crippen LogP contribution in [-0.2, 0) is 16.4 Å². The summed E-state index contributed by atoms with van der Waals surface area (Å²) in [6.45, 7) is -1.30. The van der Waals surface area contributed by atoms with Crippen molar-refractivity contribution in [2.75, 3.05) is 25.2 Å². The minimum atomic E-state index is -4.45. The largest absolute Gasteiger partial charge is 0.468 e. The molecule has 140 valence electrons. The Labute approximate surface area is 143 Å². The van der Waals surface area contributed by atoms with Gasteiger partial charge in [-0.3, -0.25) is 4.99 Å². The van der Waals surface area contributed by atoms with Crippen LogP contribution in [0.2, 0.25) is 0 Å². The van der Waals surface area contributed by atoms with E-state index in [9.17, 15) is 21.6 Å². The molecule has 7 nitrogen and oxygen atoms in total. The number of rotatable bonds is 5. The van der Waals surface area contributed by atoms with E-state index in [2.05, 4.69) is 20.6 Å². The molecule has 0 aliphatic carbocycles. The van der Waals surface area contributed by atoms with Crippen LogP contribution in [0.15, 0.2) is 23.3 Å². The second-order valence-electron chi connectivity index (χ2n) is 5.54. The molecule has 2 heterocycles. The summed E-state index contributed by atoms with van der Waals surface area (Å²) in [7, 11) is -1.51. The summed E-state index contributed by atoms with van der Waals surface area (Å²) < 4.78 is 64.5. The maximum Gasteiger partial charge on any atom is 0.422 e. The van der Waals surface area contributed by atoms with Crippen molar-refractivity contribution >= 4 is 15.8 Å². The van der Waals surface area contributed by atoms with Gasteiger partial charge in [-0.1, -0.05) is 6.07 Å². The van der Waals surface area contributed by atoms with Gasteiger partial charge in [-0.05, 0) is 12.5 Å². The van der Waals surface area contributed by atoms with Gasteiger partial charge in [-0.2, -0.15) is 13.2 Å². The number of ether oxygens (including phenoxy) is 1. The summed E-state index contributed by atoms with van der Waals surface area (Å²) in [6, 6.07) is 2.92. The van der Waals surface area contributed by atoms with Gasteiger partial charge in [0.1, 0.15) is 0 Å². The molecule has 0 amide bonds. The summed E-state index contributed by atoms with van der Waals surface area (Å²) in [6.07, 6.45) is -2.63. The van der Waals surface area contributed by atoms with Gasteiger partial charge in [0.2, 0.25) is 5.88 Å². The third kappa shape index (κ3) is 6.40. The third-order valence-electron chi connectivity index (χ3n) is 3.47. The molecule has 0 spiro atoms. The standard InChI is InChI=1S/C14H19F3N4O3S/c1-18-13(21-11-4-6-25(22,23)8-11)20-7-10-3-2-5-19-12(10)24-9-14(15,16)17/h2-3,5,11H,4,6-9H2,1H3,(H2,18,20,21). The fraction of sp³-hybridized carbons (Fsp3) is 0.571. The molecule has 11 heteroatoms. The number of aliphatic imine (C=N–C) groups is 1. The van der Waals surface area contributed by atoms with Crippen LogP contribution < -0.4 is 15.4 Å². The smallest absolute Gasteiger partial charge is 0.422 e. The van der Waals surface area contributed by atoms with E-state index in [-0.39, 0.29) is 30.0 Å². The Morgan fingerprint density at radius 1 is 1.48 bits per heavy atom. The second-order valence-corrected chi connectivity index (χ2v) is 7.77. The summed E-state index contributed by atoms with van der Waals surface area (Å²) in [4.78, 5) is 7.79. The number of guanidine groups is 1. The number of nitrogens with one attached hydrogen (secondary N) is 2. The first kappa shape index (κ1) is 19.3. The molecule has 0 bridgehead atoms. The van der Waals surface area contributed by atoms with E-state index in [1.807, 2.05) is 0 Å². The van der Waals surface area contributed by atoms with Crippen LogP contribution in [0.5, 0.6) is 5.88 Å². The first-order chi connectivity index (χ1) is 11.7. The van der Waals surface area contributed by atoms with Crippen LogP contribution in [0.4, 0.5) is 13.2 Å². The lowest BCUT2D eigenvalue weighted by molar-refractivity contribution is -0.154. The number of pyridine rings is 1. The highest BCUT2D eigenvalue weighted by Gasteiger charge is 2.29. The van der Waals surface area contributed by atoms with Crippen LogP contribution in [0.3, 0.4) is 0 Å². The highest BCUT2D eigenvalue weighted by molar-refractivity contribution is 7.91. The lowest BCUT2D eigenvalue weighted by Crippen LogP contribution is -2.43. The van der Waals surface area contributed by atoms with Crippen molar-refractivity contribution in [2.24, 2.45) is 4.99 Å². The van der Waals surface area contributed by atoms with Gasteiger partial charge < -0.3 is 15.4 Å². The van der Waals surface area contributed by atoms with E-state index < -0.39 is 22.6 Å². The fourth-order valence-electron chi connectivity index (χ4n) is 2.31. The highest BCUT2D eigenvalue weighted by atomic mass is 32.2. The number of hydrogen-bond donors (Lipinski definition) is 2. The van der Waals surface area contributed by atoms with Gasteiger partial charge in [0.15, 0.2) is 22.4 Å². The van der Waals surface area contributed by atoms with Crippen molar-refractivity contribution in [1.82, 2.24) is 15.6 Å². The molecule has 1 aromatic heterocycles. The van der Waals surface area contributed by atoms with Gasteiger partial charge in [0.05, 0.1) is 11.5 Å². The fourth-order valence-corrected chi connectivity index (χ4v) is 3.99. The van der Waals surface area contributed by atoms with Crippen molar-refractivity contribution in [3.8, 4) is 5.88 Å². The average Bonchev–Trinajstić information content (AvgIpc) is 2.88. The average molecular weight is 380 g/mol. The lowest BCUT2D eigenvalue weighted by Gasteiger charge is -2.17. The zero-order valence-corrected chi connectivity index (χ0v) is 14.3. The molecule has 1 aliphatic heterocycles. The van der Waals surface area contributed by atoms with Crippen LogP contribution >= 0.6 is 0 Å². The molecule has 1 aliphatic rings. The molecule has 25 heavy (non-hydrogen) atoms. The van der Waals surface area contributed by atoms with Crippen molar-refractivity contribution in [2.45, 2.75) is 25.2 Å². The molecule has 0 radical (unpaired) electrons.